The monoisotopic (exact) mass is 272 g/mol. The van der Waals surface area contributed by atoms with Gasteiger partial charge in [-0.25, -0.2) is 4.79 Å². The third-order valence-electron chi connectivity index (χ3n) is 2.68. The molecule has 1 fully saturated rings. The fourth-order valence-corrected chi connectivity index (χ4v) is 4.11. The van der Waals surface area contributed by atoms with Crippen LogP contribution in [0.25, 0.3) is 0 Å². The Balaban J connectivity index is 1.91. The van der Waals surface area contributed by atoms with Crippen molar-refractivity contribution in [3.63, 3.8) is 0 Å². The van der Waals surface area contributed by atoms with Crippen molar-refractivity contribution < 1.29 is 9.53 Å². The van der Waals surface area contributed by atoms with Crippen LogP contribution in [0.5, 0.6) is 0 Å². The molecular formula is C11H16N2O2S2. The molecule has 1 saturated carbocycles. The average Bonchev–Trinajstić information content (AvgIpc) is 2.79. The van der Waals surface area contributed by atoms with Gasteiger partial charge in [0.25, 0.3) is 0 Å². The first-order chi connectivity index (χ1) is 8.29. The van der Waals surface area contributed by atoms with E-state index in [1.807, 2.05) is 0 Å². The van der Waals surface area contributed by atoms with Crippen molar-refractivity contribution in [3.05, 3.63) is 5.01 Å². The zero-order valence-electron chi connectivity index (χ0n) is 9.85. The zero-order valence-corrected chi connectivity index (χ0v) is 11.5. The predicted octanol–water partition coefficient (Wildman–Crippen LogP) is 3.14. The molecule has 6 heteroatoms. The molecule has 1 heterocycles. The van der Waals surface area contributed by atoms with Crippen molar-refractivity contribution in [2.45, 2.75) is 48.6 Å². The lowest BCUT2D eigenvalue weighted by molar-refractivity contribution is 0.0525. The first-order valence-corrected chi connectivity index (χ1v) is 7.66. The standard InChI is InChI=1S/C11H16N2O2S2/c1-2-15-10(14)9-12-13-11(17-9)16-8-6-4-3-5-7-8/h8H,2-7H2,1H3. The van der Waals surface area contributed by atoms with Gasteiger partial charge in [-0.3, -0.25) is 0 Å². The Morgan fingerprint density at radius 2 is 2.18 bits per heavy atom. The maximum absolute atomic E-state index is 11.4. The number of hydrogen-bond acceptors (Lipinski definition) is 6. The summed E-state index contributed by atoms with van der Waals surface area (Å²) in [4.78, 5) is 11.4. The second-order valence-corrected chi connectivity index (χ2v) is 6.50. The van der Waals surface area contributed by atoms with Crippen molar-refractivity contribution >= 4 is 29.1 Å². The molecule has 0 radical (unpaired) electrons. The summed E-state index contributed by atoms with van der Waals surface area (Å²) in [5.41, 5.74) is 0. The Bertz CT molecular complexity index is 375. The Morgan fingerprint density at radius 1 is 1.41 bits per heavy atom. The Kier molecular flexibility index (Phi) is 4.79. The normalized spacial score (nSPS) is 17.0. The van der Waals surface area contributed by atoms with E-state index in [4.69, 9.17) is 4.74 Å². The number of ether oxygens (including phenoxy) is 1. The molecule has 1 aromatic rings. The van der Waals surface area contributed by atoms with Crippen LogP contribution in [-0.2, 0) is 4.74 Å². The maximum Gasteiger partial charge on any atom is 0.369 e. The van der Waals surface area contributed by atoms with E-state index in [1.54, 1.807) is 18.7 Å². The van der Waals surface area contributed by atoms with E-state index in [0.717, 1.165) is 4.34 Å². The highest BCUT2D eigenvalue weighted by Gasteiger charge is 2.19. The largest absolute Gasteiger partial charge is 0.461 e. The lowest BCUT2D eigenvalue weighted by atomic mass is 10.0. The second kappa shape index (κ2) is 6.35. The van der Waals surface area contributed by atoms with Gasteiger partial charge in [0.1, 0.15) is 0 Å². The fourth-order valence-electron chi connectivity index (χ4n) is 1.86. The van der Waals surface area contributed by atoms with Gasteiger partial charge in [0, 0.05) is 5.25 Å². The molecule has 0 saturated heterocycles. The molecule has 0 N–H and O–H groups in total. The van der Waals surface area contributed by atoms with E-state index in [-0.39, 0.29) is 5.97 Å². The van der Waals surface area contributed by atoms with Crippen LogP contribution in [0.4, 0.5) is 0 Å². The second-order valence-electron chi connectivity index (χ2n) is 3.97. The van der Waals surface area contributed by atoms with Gasteiger partial charge in [-0.05, 0) is 19.8 Å². The van der Waals surface area contributed by atoms with Crippen molar-refractivity contribution in [2.75, 3.05) is 6.61 Å². The summed E-state index contributed by atoms with van der Waals surface area (Å²) in [5.74, 6) is -0.361. The third-order valence-corrected chi connectivity index (χ3v) is 5.00. The smallest absolute Gasteiger partial charge is 0.369 e. The third kappa shape index (κ3) is 3.67. The predicted molar refractivity (Wildman–Crippen MR) is 68.6 cm³/mol. The Labute approximate surface area is 109 Å². The average molecular weight is 272 g/mol. The van der Waals surface area contributed by atoms with Gasteiger partial charge < -0.3 is 4.74 Å². The van der Waals surface area contributed by atoms with Crippen LogP contribution in [-0.4, -0.2) is 28.0 Å². The molecule has 0 spiro atoms. The van der Waals surface area contributed by atoms with Crippen LogP contribution in [0, 0.1) is 0 Å². The van der Waals surface area contributed by atoms with Gasteiger partial charge in [-0.15, -0.1) is 10.2 Å². The summed E-state index contributed by atoms with van der Waals surface area (Å²) >= 11 is 3.10. The van der Waals surface area contributed by atoms with E-state index >= 15 is 0 Å². The molecule has 0 unspecified atom stereocenters. The first-order valence-electron chi connectivity index (χ1n) is 5.97. The number of thioether (sulfide) groups is 1. The zero-order chi connectivity index (χ0) is 12.1. The van der Waals surface area contributed by atoms with Crippen molar-refractivity contribution in [2.24, 2.45) is 0 Å². The fraction of sp³-hybridized carbons (Fsp3) is 0.727. The summed E-state index contributed by atoms with van der Waals surface area (Å²) in [6.07, 6.45) is 6.46. The van der Waals surface area contributed by atoms with Crippen molar-refractivity contribution in [1.29, 1.82) is 0 Å². The van der Waals surface area contributed by atoms with E-state index < -0.39 is 0 Å². The van der Waals surface area contributed by atoms with E-state index in [2.05, 4.69) is 10.2 Å². The lowest BCUT2D eigenvalue weighted by Gasteiger charge is -2.19. The minimum absolute atomic E-state index is 0.361. The molecule has 1 aliphatic carbocycles. The van der Waals surface area contributed by atoms with E-state index in [1.165, 1.54) is 43.4 Å². The highest BCUT2D eigenvalue weighted by molar-refractivity contribution is 8.01. The van der Waals surface area contributed by atoms with Crippen LogP contribution in [0.2, 0.25) is 0 Å². The molecule has 0 aliphatic heterocycles. The summed E-state index contributed by atoms with van der Waals surface area (Å²) < 4.78 is 5.78. The van der Waals surface area contributed by atoms with Gasteiger partial charge in [0.2, 0.25) is 5.01 Å². The van der Waals surface area contributed by atoms with Gasteiger partial charge >= 0.3 is 5.97 Å². The summed E-state index contributed by atoms with van der Waals surface area (Å²) in [7, 11) is 0. The molecule has 4 nitrogen and oxygen atoms in total. The van der Waals surface area contributed by atoms with Gasteiger partial charge in [-0.2, -0.15) is 0 Å². The number of aromatic nitrogens is 2. The van der Waals surface area contributed by atoms with Gasteiger partial charge in [0.15, 0.2) is 4.34 Å². The van der Waals surface area contributed by atoms with Crippen LogP contribution in [0.1, 0.15) is 48.8 Å². The quantitative estimate of drug-likeness (QED) is 0.788. The molecule has 17 heavy (non-hydrogen) atoms. The van der Waals surface area contributed by atoms with Crippen LogP contribution >= 0.6 is 23.1 Å². The van der Waals surface area contributed by atoms with Crippen molar-refractivity contribution in [1.82, 2.24) is 10.2 Å². The lowest BCUT2D eigenvalue weighted by Crippen LogP contribution is -2.07. The Hall–Kier alpha value is -0.620. The molecule has 0 amide bonds. The summed E-state index contributed by atoms with van der Waals surface area (Å²) in [6, 6.07) is 0. The SMILES string of the molecule is CCOC(=O)c1nnc(SC2CCCCC2)s1. The summed E-state index contributed by atoms with van der Waals surface area (Å²) in [5, 5.41) is 8.93. The number of nitrogens with zero attached hydrogens (tertiary/aromatic N) is 2. The maximum atomic E-state index is 11.4. The van der Waals surface area contributed by atoms with Crippen LogP contribution in [0.15, 0.2) is 4.34 Å². The van der Waals surface area contributed by atoms with E-state index in [0.29, 0.717) is 16.9 Å². The first kappa shape index (κ1) is 12.8. The number of rotatable bonds is 4. The van der Waals surface area contributed by atoms with Gasteiger partial charge in [-0.1, -0.05) is 42.4 Å². The van der Waals surface area contributed by atoms with E-state index in [9.17, 15) is 4.79 Å². The number of carbonyl (C=O) groups is 1. The number of carbonyl (C=O) groups excluding carboxylic acids is 1. The molecule has 94 valence electrons. The van der Waals surface area contributed by atoms with Gasteiger partial charge in [0.05, 0.1) is 6.61 Å². The molecule has 1 aromatic heterocycles. The van der Waals surface area contributed by atoms with Crippen LogP contribution in [0.3, 0.4) is 0 Å². The molecule has 1 aliphatic rings. The highest BCUT2D eigenvalue weighted by Crippen LogP contribution is 2.34. The molecule has 2 rings (SSSR count). The molecular weight excluding hydrogens is 256 g/mol. The Morgan fingerprint density at radius 3 is 2.88 bits per heavy atom. The minimum atomic E-state index is -0.361. The topological polar surface area (TPSA) is 52.1 Å². The molecule has 0 bridgehead atoms. The van der Waals surface area contributed by atoms with Crippen molar-refractivity contribution in [3.8, 4) is 0 Å². The van der Waals surface area contributed by atoms with Crippen LogP contribution < -0.4 is 0 Å². The molecule has 0 atom stereocenters. The minimum Gasteiger partial charge on any atom is -0.461 e. The summed E-state index contributed by atoms with van der Waals surface area (Å²) in [6.45, 7) is 2.17. The number of esters is 1. The number of hydrogen-bond donors (Lipinski definition) is 0. The molecule has 0 aromatic carbocycles. The highest BCUT2D eigenvalue weighted by atomic mass is 32.2.